The predicted molar refractivity (Wildman–Crippen MR) is 114 cm³/mol. The molecule has 1 fully saturated rings. The molecule has 1 amide bonds. The molecule has 1 aliphatic rings. The molecule has 7 nitrogen and oxygen atoms in total. The molecule has 0 radical (unpaired) electrons. The monoisotopic (exact) mass is 437 g/mol. The topological polar surface area (TPSA) is 88.6 Å². The molecule has 0 spiro atoms. The van der Waals surface area contributed by atoms with Crippen LogP contribution >= 0.6 is 11.3 Å². The lowest BCUT2D eigenvalue weighted by Gasteiger charge is -2.34. The highest BCUT2D eigenvalue weighted by atomic mass is 32.2. The number of hydrogen-bond acceptors (Lipinski definition) is 6. The lowest BCUT2D eigenvalue weighted by molar-refractivity contribution is -0.0440. The van der Waals surface area contributed by atoms with E-state index in [4.69, 9.17) is 4.74 Å². The zero-order valence-corrected chi connectivity index (χ0v) is 18.9. The van der Waals surface area contributed by atoms with Gasteiger partial charge in [0.15, 0.2) is 5.13 Å². The van der Waals surface area contributed by atoms with E-state index in [1.54, 1.807) is 0 Å². The number of carbonyl (C=O) groups is 1. The van der Waals surface area contributed by atoms with Crippen molar-refractivity contribution in [1.29, 1.82) is 0 Å². The van der Waals surface area contributed by atoms with Gasteiger partial charge in [-0.25, -0.2) is 13.4 Å². The van der Waals surface area contributed by atoms with Gasteiger partial charge in [0.25, 0.3) is 5.91 Å². The summed E-state index contributed by atoms with van der Waals surface area (Å²) in [5.41, 5.74) is 1.19. The first-order chi connectivity index (χ1) is 13.5. The van der Waals surface area contributed by atoms with Crippen LogP contribution in [0.15, 0.2) is 34.5 Å². The smallest absolute Gasteiger partial charge is 0.257 e. The Kier molecular flexibility index (Phi) is 6.14. The fourth-order valence-electron chi connectivity index (χ4n) is 3.10. The highest BCUT2D eigenvalue weighted by molar-refractivity contribution is 7.89. The van der Waals surface area contributed by atoms with Crippen LogP contribution in [0.3, 0.4) is 0 Å². The number of morpholine rings is 1. The Balaban J connectivity index is 1.72. The summed E-state index contributed by atoms with van der Waals surface area (Å²) in [6.45, 7) is 10.5. The van der Waals surface area contributed by atoms with Crippen LogP contribution in [-0.2, 0) is 20.2 Å². The van der Waals surface area contributed by atoms with E-state index >= 15 is 0 Å². The summed E-state index contributed by atoms with van der Waals surface area (Å²) >= 11 is 1.37. The van der Waals surface area contributed by atoms with Gasteiger partial charge in [-0.3, -0.25) is 10.1 Å². The summed E-state index contributed by atoms with van der Waals surface area (Å²) in [5.74, 6) is -0.322. The highest BCUT2D eigenvalue weighted by Crippen LogP contribution is 2.27. The summed E-state index contributed by atoms with van der Waals surface area (Å²) in [5, 5.41) is 5.22. The van der Waals surface area contributed by atoms with Crippen LogP contribution in [0.25, 0.3) is 0 Å². The van der Waals surface area contributed by atoms with Crippen molar-refractivity contribution in [2.45, 2.75) is 57.1 Å². The van der Waals surface area contributed by atoms with Crippen LogP contribution in [0, 0.1) is 0 Å². The maximum absolute atomic E-state index is 12.9. The summed E-state index contributed by atoms with van der Waals surface area (Å²) in [6.07, 6.45) is -0.315. The molecule has 3 rings (SSSR count). The van der Waals surface area contributed by atoms with Gasteiger partial charge in [-0.15, -0.1) is 11.3 Å². The molecule has 2 aromatic rings. The molecular weight excluding hydrogens is 410 g/mol. The lowest BCUT2D eigenvalue weighted by Crippen LogP contribution is -2.48. The van der Waals surface area contributed by atoms with Gasteiger partial charge in [-0.2, -0.15) is 4.31 Å². The number of aromatic nitrogens is 1. The van der Waals surface area contributed by atoms with Crippen molar-refractivity contribution >= 4 is 32.4 Å². The Hall–Kier alpha value is -1.81. The average Bonchev–Trinajstić information content (AvgIpc) is 3.10. The van der Waals surface area contributed by atoms with Gasteiger partial charge in [0.2, 0.25) is 10.0 Å². The third-order valence-electron chi connectivity index (χ3n) is 4.63. The summed E-state index contributed by atoms with van der Waals surface area (Å²) in [7, 11) is -3.63. The van der Waals surface area contributed by atoms with Crippen LogP contribution in [0.5, 0.6) is 0 Å². The third kappa shape index (κ3) is 5.03. The number of nitrogens with one attached hydrogen (secondary N) is 1. The lowest BCUT2D eigenvalue weighted by atomic mass is 9.93. The third-order valence-corrected chi connectivity index (χ3v) is 7.24. The maximum atomic E-state index is 12.9. The number of carbonyl (C=O) groups excluding carboxylic acids is 1. The van der Waals surface area contributed by atoms with Gasteiger partial charge < -0.3 is 4.74 Å². The number of sulfonamides is 1. The first-order valence-corrected chi connectivity index (χ1v) is 11.8. The van der Waals surface area contributed by atoms with Crippen LogP contribution in [0.1, 0.15) is 50.7 Å². The standard InChI is InChI=1S/C20H27N3O4S2/c1-13-10-23(11-14(2)27-13)29(25,26)16-8-6-15(7-9-16)18(24)22-19-21-17(12-28-19)20(3,4)5/h6-9,12-14H,10-11H2,1-5H3,(H,21,22,24)/t13-,14-/m1/s1. The quantitative estimate of drug-likeness (QED) is 0.791. The number of ether oxygens (including phenoxy) is 1. The predicted octanol–water partition coefficient (Wildman–Crippen LogP) is 3.49. The number of thiazole rings is 1. The minimum absolute atomic E-state index is 0.0933. The summed E-state index contributed by atoms with van der Waals surface area (Å²) in [6, 6.07) is 5.98. The van der Waals surface area contributed by atoms with E-state index < -0.39 is 10.0 Å². The Bertz CT molecular complexity index is 968. The molecule has 0 bridgehead atoms. The normalized spacial score (nSPS) is 21.1. The van der Waals surface area contributed by atoms with Crippen molar-refractivity contribution in [3.63, 3.8) is 0 Å². The van der Waals surface area contributed by atoms with E-state index in [1.807, 2.05) is 19.2 Å². The number of benzene rings is 1. The molecule has 1 aliphatic heterocycles. The zero-order valence-electron chi connectivity index (χ0n) is 17.3. The van der Waals surface area contributed by atoms with Crippen molar-refractivity contribution in [2.75, 3.05) is 18.4 Å². The highest BCUT2D eigenvalue weighted by Gasteiger charge is 2.32. The number of amides is 1. The van der Waals surface area contributed by atoms with Crippen molar-refractivity contribution in [1.82, 2.24) is 9.29 Å². The second kappa shape index (κ2) is 8.14. The van der Waals surface area contributed by atoms with Gasteiger partial charge in [0.1, 0.15) is 0 Å². The summed E-state index contributed by atoms with van der Waals surface area (Å²) in [4.78, 5) is 17.1. The number of hydrogen-bond donors (Lipinski definition) is 1. The molecule has 0 aliphatic carbocycles. The SMILES string of the molecule is C[C@@H]1CN(S(=O)(=O)c2ccc(C(=O)Nc3nc(C(C)(C)C)cs3)cc2)C[C@@H](C)O1. The molecule has 1 saturated heterocycles. The molecule has 158 valence electrons. The van der Waals surface area contributed by atoms with E-state index in [1.165, 1.54) is 39.9 Å². The van der Waals surface area contributed by atoms with E-state index in [0.29, 0.717) is 23.8 Å². The molecule has 1 aromatic carbocycles. The molecule has 1 aromatic heterocycles. The molecule has 0 saturated carbocycles. The van der Waals surface area contributed by atoms with Crippen LogP contribution in [-0.4, -0.2) is 48.9 Å². The molecule has 0 unspecified atom stereocenters. The van der Waals surface area contributed by atoms with Crippen LogP contribution in [0.4, 0.5) is 5.13 Å². The van der Waals surface area contributed by atoms with Crippen molar-refractivity contribution in [3.8, 4) is 0 Å². The van der Waals surface area contributed by atoms with Gasteiger partial charge in [0.05, 0.1) is 22.8 Å². The number of rotatable bonds is 4. The minimum Gasteiger partial charge on any atom is -0.373 e. The van der Waals surface area contributed by atoms with Crippen molar-refractivity contribution in [2.24, 2.45) is 0 Å². The first kappa shape index (κ1) is 21.9. The average molecular weight is 438 g/mol. The maximum Gasteiger partial charge on any atom is 0.257 e. The fraction of sp³-hybridized carbons (Fsp3) is 0.500. The molecular formula is C20H27N3O4S2. The number of anilines is 1. The van der Waals surface area contributed by atoms with Gasteiger partial charge in [-0.1, -0.05) is 20.8 Å². The van der Waals surface area contributed by atoms with E-state index in [2.05, 4.69) is 31.1 Å². The Morgan fingerprint density at radius 3 is 2.28 bits per heavy atom. The molecule has 2 atom stereocenters. The Morgan fingerprint density at radius 1 is 1.17 bits per heavy atom. The van der Waals surface area contributed by atoms with E-state index in [-0.39, 0.29) is 28.4 Å². The molecule has 2 heterocycles. The van der Waals surface area contributed by atoms with E-state index in [0.717, 1.165) is 5.69 Å². The fourth-order valence-corrected chi connectivity index (χ4v) is 5.62. The van der Waals surface area contributed by atoms with Crippen molar-refractivity contribution < 1.29 is 17.9 Å². The second-order valence-corrected chi connectivity index (χ2v) is 11.1. The Labute approximate surface area is 176 Å². The van der Waals surface area contributed by atoms with Crippen molar-refractivity contribution in [3.05, 3.63) is 40.9 Å². The molecule has 1 N–H and O–H groups in total. The first-order valence-electron chi connectivity index (χ1n) is 9.50. The minimum atomic E-state index is -3.63. The van der Waals surface area contributed by atoms with Gasteiger partial charge >= 0.3 is 0 Å². The van der Waals surface area contributed by atoms with E-state index in [9.17, 15) is 13.2 Å². The molecule has 9 heteroatoms. The van der Waals surface area contributed by atoms with Gasteiger partial charge in [-0.05, 0) is 38.1 Å². The van der Waals surface area contributed by atoms with Gasteiger partial charge in [0, 0.05) is 29.4 Å². The zero-order chi connectivity index (χ0) is 21.4. The summed E-state index contributed by atoms with van der Waals surface area (Å²) < 4.78 is 32.9. The number of nitrogens with zero attached hydrogens (tertiary/aromatic N) is 2. The Morgan fingerprint density at radius 2 is 1.76 bits per heavy atom. The van der Waals surface area contributed by atoms with Crippen LogP contribution < -0.4 is 5.32 Å². The molecule has 29 heavy (non-hydrogen) atoms. The van der Waals surface area contributed by atoms with Crippen LogP contribution in [0.2, 0.25) is 0 Å². The second-order valence-electron chi connectivity index (χ2n) is 8.35. The largest absolute Gasteiger partial charge is 0.373 e.